The third kappa shape index (κ3) is 1.04. The van der Waals surface area contributed by atoms with Crippen molar-refractivity contribution in [2.45, 2.75) is 20.0 Å². The second-order valence-electron chi connectivity index (χ2n) is 2.77. The zero-order chi connectivity index (χ0) is 7.94. The Hall–Kier alpha value is -0.470. The average molecular weight is 150 g/mol. The molecular formula is C7H9F3. The second-order valence-corrected chi connectivity index (χ2v) is 2.77. The lowest BCUT2D eigenvalue weighted by molar-refractivity contribution is -0.105. The van der Waals surface area contributed by atoms with Crippen LogP contribution in [-0.2, 0) is 0 Å². The van der Waals surface area contributed by atoms with Gasteiger partial charge in [-0.05, 0) is 11.8 Å². The minimum absolute atomic E-state index is 0.0941. The predicted octanol–water partition coefficient (Wildman–Crippen LogP) is 2.76. The van der Waals surface area contributed by atoms with Gasteiger partial charge in [-0.3, -0.25) is 0 Å². The molecule has 58 valence electrons. The SMILES string of the molecule is CC1C=C(C(F)(F)F)C1C. The molecule has 0 radical (unpaired) electrons. The van der Waals surface area contributed by atoms with E-state index in [-0.39, 0.29) is 17.4 Å². The molecule has 0 N–H and O–H groups in total. The van der Waals surface area contributed by atoms with Gasteiger partial charge in [0, 0.05) is 5.57 Å². The van der Waals surface area contributed by atoms with Crippen molar-refractivity contribution in [3.63, 3.8) is 0 Å². The van der Waals surface area contributed by atoms with E-state index in [0.717, 1.165) is 0 Å². The first kappa shape index (κ1) is 7.63. The molecule has 0 fully saturated rings. The number of hydrogen-bond acceptors (Lipinski definition) is 0. The minimum Gasteiger partial charge on any atom is -0.166 e. The van der Waals surface area contributed by atoms with Gasteiger partial charge in [-0.1, -0.05) is 19.9 Å². The molecule has 3 heteroatoms. The van der Waals surface area contributed by atoms with Crippen LogP contribution in [0.5, 0.6) is 0 Å². The maximum absolute atomic E-state index is 11.9. The Balaban J connectivity index is 2.71. The molecule has 0 heterocycles. The van der Waals surface area contributed by atoms with Crippen LogP contribution < -0.4 is 0 Å². The quantitative estimate of drug-likeness (QED) is 0.466. The van der Waals surface area contributed by atoms with E-state index in [4.69, 9.17) is 0 Å². The largest absolute Gasteiger partial charge is 0.412 e. The van der Waals surface area contributed by atoms with E-state index < -0.39 is 6.18 Å². The van der Waals surface area contributed by atoms with E-state index in [9.17, 15) is 13.2 Å². The summed E-state index contributed by atoms with van der Waals surface area (Å²) in [6.45, 7) is 3.40. The Kier molecular flexibility index (Phi) is 1.53. The Morgan fingerprint density at radius 2 is 1.80 bits per heavy atom. The molecule has 0 nitrogen and oxygen atoms in total. The van der Waals surface area contributed by atoms with Crippen LogP contribution in [0.15, 0.2) is 11.6 Å². The van der Waals surface area contributed by atoms with E-state index in [1.165, 1.54) is 6.08 Å². The number of alkyl halides is 3. The van der Waals surface area contributed by atoms with Gasteiger partial charge in [0.2, 0.25) is 0 Å². The molecule has 0 aromatic heterocycles. The Bertz CT molecular complexity index is 166. The highest BCUT2D eigenvalue weighted by molar-refractivity contribution is 5.24. The predicted molar refractivity (Wildman–Crippen MR) is 32.5 cm³/mol. The number of rotatable bonds is 0. The maximum atomic E-state index is 11.9. The van der Waals surface area contributed by atoms with E-state index in [0.29, 0.717) is 0 Å². The molecule has 0 bridgehead atoms. The molecule has 2 atom stereocenters. The molecule has 0 saturated carbocycles. The number of hydrogen-bond donors (Lipinski definition) is 0. The van der Waals surface area contributed by atoms with Crippen molar-refractivity contribution in [3.05, 3.63) is 11.6 Å². The normalized spacial score (nSPS) is 33.1. The van der Waals surface area contributed by atoms with Crippen LogP contribution >= 0.6 is 0 Å². The van der Waals surface area contributed by atoms with Crippen molar-refractivity contribution in [2.24, 2.45) is 11.8 Å². The first-order valence-electron chi connectivity index (χ1n) is 3.22. The van der Waals surface area contributed by atoms with Crippen LogP contribution in [0.1, 0.15) is 13.8 Å². The zero-order valence-corrected chi connectivity index (χ0v) is 5.87. The van der Waals surface area contributed by atoms with Crippen molar-refractivity contribution < 1.29 is 13.2 Å². The molecule has 0 amide bonds. The fourth-order valence-corrected chi connectivity index (χ4v) is 1.10. The lowest BCUT2D eigenvalue weighted by Gasteiger charge is -2.31. The smallest absolute Gasteiger partial charge is 0.166 e. The van der Waals surface area contributed by atoms with Gasteiger partial charge in [0.1, 0.15) is 0 Å². The van der Waals surface area contributed by atoms with Crippen molar-refractivity contribution in [2.75, 3.05) is 0 Å². The second kappa shape index (κ2) is 2.01. The summed E-state index contributed by atoms with van der Waals surface area (Å²) in [7, 11) is 0. The van der Waals surface area contributed by atoms with Crippen LogP contribution in [-0.4, -0.2) is 6.18 Å². The van der Waals surface area contributed by atoms with E-state index in [2.05, 4.69) is 0 Å². The molecule has 0 aromatic rings. The van der Waals surface area contributed by atoms with Gasteiger partial charge in [0.15, 0.2) is 0 Å². The summed E-state index contributed by atoms with van der Waals surface area (Å²) in [6, 6.07) is 0. The van der Waals surface area contributed by atoms with Gasteiger partial charge >= 0.3 is 6.18 Å². The summed E-state index contributed by atoms with van der Waals surface area (Å²) >= 11 is 0. The number of halogens is 3. The molecule has 1 aliphatic rings. The Labute approximate surface area is 57.7 Å². The summed E-state index contributed by atoms with van der Waals surface area (Å²) in [5.74, 6) is -0.211. The minimum atomic E-state index is -4.09. The first-order chi connectivity index (χ1) is 4.43. The van der Waals surface area contributed by atoms with Crippen LogP contribution in [0.25, 0.3) is 0 Å². The molecule has 0 aliphatic heterocycles. The summed E-state index contributed by atoms with van der Waals surface area (Å²) in [4.78, 5) is 0. The summed E-state index contributed by atoms with van der Waals surface area (Å²) in [5, 5.41) is 0. The lowest BCUT2D eigenvalue weighted by Crippen LogP contribution is -2.30. The fraction of sp³-hybridized carbons (Fsp3) is 0.714. The maximum Gasteiger partial charge on any atom is 0.412 e. The molecule has 0 aromatic carbocycles. The van der Waals surface area contributed by atoms with Gasteiger partial charge in [0.25, 0.3) is 0 Å². The summed E-state index contributed by atoms with van der Waals surface area (Å²) in [6.07, 6.45) is -2.81. The van der Waals surface area contributed by atoms with Gasteiger partial charge in [-0.2, -0.15) is 13.2 Å². The third-order valence-electron chi connectivity index (χ3n) is 2.05. The molecule has 1 rings (SSSR count). The van der Waals surface area contributed by atoms with Crippen LogP contribution in [0, 0.1) is 11.8 Å². The molecular weight excluding hydrogens is 141 g/mol. The Morgan fingerprint density at radius 3 is 1.90 bits per heavy atom. The molecule has 1 aliphatic carbocycles. The monoisotopic (exact) mass is 150 g/mol. The summed E-state index contributed by atoms with van der Waals surface area (Å²) < 4.78 is 35.6. The Morgan fingerprint density at radius 1 is 1.30 bits per heavy atom. The van der Waals surface area contributed by atoms with Crippen molar-refractivity contribution in [1.82, 2.24) is 0 Å². The molecule has 10 heavy (non-hydrogen) atoms. The van der Waals surface area contributed by atoms with Crippen molar-refractivity contribution in [3.8, 4) is 0 Å². The summed E-state index contributed by atoms with van der Waals surface area (Å²) in [5.41, 5.74) is -0.361. The van der Waals surface area contributed by atoms with Crippen molar-refractivity contribution >= 4 is 0 Å². The highest BCUT2D eigenvalue weighted by Crippen LogP contribution is 2.42. The average Bonchev–Trinajstić information content (AvgIpc) is 1.79. The van der Waals surface area contributed by atoms with Crippen LogP contribution in [0.2, 0.25) is 0 Å². The highest BCUT2D eigenvalue weighted by Gasteiger charge is 2.43. The van der Waals surface area contributed by atoms with Gasteiger partial charge in [0.05, 0.1) is 0 Å². The number of allylic oxidation sites excluding steroid dienone is 2. The topological polar surface area (TPSA) is 0 Å². The molecule has 0 spiro atoms. The van der Waals surface area contributed by atoms with Crippen LogP contribution in [0.3, 0.4) is 0 Å². The zero-order valence-electron chi connectivity index (χ0n) is 5.87. The van der Waals surface area contributed by atoms with Gasteiger partial charge in [-0.25, -0.2) is 0 Å². The lowest BCUT2D eigenvalue weighted by atomic mass is 9.77. The highest BCUT2D eigenvalue weighted by atomic mass is 19.4. The van der Waals surface area contributed by atoms with Crippen molar-refractivity contribution in [1.29, 1.82) is 0 Å². The van der Waals surface area contributed by atoms with Gasteiger partial charge < -0.3 is 0 Å². The van der Waals surface area contributed by atoms with Gasteiger partial charge in [-0.15, -0.1) is 0 Å². The van der Waals surface area contributed by atoms with Crippen LogP contribution in [0.4, 0.5) is 13.2 Å². The van der Waals surface area contributed by atoms with E-state index >= 15 is 0 Å². The van der Waals surface area contributed by atoms with E-state index in [1.807, 2.05) is 0 Å². The van der Waals surface area contributed by atoms with E-state index in [1.54, 1.807) is 13.8 Å². The molecule has 0 saturated heterocycles. The first-order valence-corrected chi connectivity index (χ1v) is 3.22. The third-order valence-corrected chi connectivity index (χ3v) is 2.05. The fourth-order valence-electron chi connectivity index (χ4n) is 1.10. The molecule has 2 unspecified atom stereocenters. The standard InChI is InChI=1S/C7H9F3/c1-4-3-6(5(4)2)7(8,9)10/h3-5H,1-2H3.